The van der Waals surface area contributed by atoms with E-state index >= 15 is 0 Å². The van der Waals surface area contributed by atoms with Crippen LogP contribution in [0.2, 0.25) is 0 Å². The van der Waals surface area contributed by atoms with Crippen molar-refractivity contribution in [1.29, 1.82) is 0 Å². The van der Waals surface area contributed by atoms with E-state index in [0.717, 1.165) is 0 Å². The lowest BCUT2D eigenvalue weighted by Gasteiger charge is -2.20. The number of esters is 1. The minimum absolute atomic E-state index is 0.222. The Bertz CT molecular complexity index is 223. The standard InChI is InChI=1S/C10H16O6/c11-10-8(7-13-4-6-15-10)16-9-1-2-12-3-5-14-9/h8-9H,1-7H2. The maximum atomic E-state index is 11.5. The fourth-order valence-corrected chi connectivity index (χ4v) is 1.54. The van der Waals surface area contributed by atoms with Gasteiger partial charge in [0.15, 0.2) is 12.4 Å². The SMILES string of the molecule is O=C1OCCOCC1OC1CCOCCO1. The molecule has 16 heavy (non-hydrogen) atoms. The first kappa shape index (κ1) is 11.8. The van der Waals surface area contributed by atoms with E-state index in [1.807, 2.05) is 0 Å². The molecule has 0 aliphatic carbocycles. The van der Waals surface area contributed by atoms with E-state index < -0.39 is 12.4 Å². The molecule has 2 fully saturated rings. The van der Waals surface area contributed by atoms with Crippen LogP contribution in [0.1, 0.15) is 6.42 Å². The summed E-state index contributed by atoms with van der Waals surface area (Å²) in [6, 6.07) is 0. The lowest BCUT2D eigenvalue weighted by Crippen LogP contribution is -2.34. The summed E-state index contributed by atoms with van der Waals surface area (Å²) >= 11 is 0. The summed E-state index contributed by atoms with van der Waals surface area (Å²) in [7, 11) is 0. The summed E-state index contributed by atoms with van der Waals surface area (Å²) in [4.78, 5) is 11.5. The van der Waals surface area contributed by atoms with Crippen LogP contribution < -0.4 is 0 Å². The molecule has 0 aromatic carbocycles. The molecule has 6 nitrogen and oxygen atoms in total. The van der Waals surface area contributed by atoms with Crippen LogP contribution in [0.15, 0.2) is 0 Å². The number of hydrogen-bond donors (Lipinski definition) is 0. The largest absolute Gasteiger partial charge is 0.461 e. The van der Waals surface area contributed by atoms with Crippen LogP contribution in [0.3, 0.4) is 0 Å². The fraction of sp³-hybridized carbons (Fsp3) is 0.900. The maximum Gasteiger partial charge on any atom is 0.337 e. The van der Waals surface area contributed by atoms with Gasteiger partial charge in [0.05, 0.1) is 33.0 Å². The predicted molar refractivity (Wildman–Crippen MR) is 51.8 cm³/mol. The van der Waals surface area contributed by atoms with E-state index in [0.29, 0.717) is 32.8 Å². The summed E-state index contributed by atoms with van der Waals surface area (Å²) in [5, 5.41) is 0. The topological polar surface area (TPSA) is 63.2 Å². The minimum Gasteiger partial charge on any atom is -0.461 e. The second-order valence-corrected chi connectivity index (χ2v) is 3.57. The third-order valence-electron chi connectivity index (χ3n) is 2.35. The van der Waals surface area contributed by atoms with Gasteiger partial charge >= 0.3 is 5.97 Å². The van der Waals surface area contributed by atoms with Crippen LogP contribution in [-0.2, 0) is 28.5 Å². The molecule has 0 amide bonds. The highest BCUT2D eigenvalue weighted by Crippen LogP contribution is 2.11. The molecule has 0 saturated carbocycles. The van der Waals surface area contributed by atoms with Crippen LogP contribution in [0.5, 0.6) is 0 Å². The summed E-state index contributed by atoms with van der Waals surface area (Å²) in [6.45, 7) is 2.54. The molecule has 0 spiro atoms. The lowest BCUT2D eigenvalue weighted by molar-refractivity contribution is -0.193. The molecule has 2 unspecified atom stereocenters. The molecule has 2 heterocycles. The molecule has 2 saturated heterocycles. The van der Waals surface area contributed by atoms with Gasteiger partial charge in [-0.15, -0.1) is 0 Å². The molecule has 0 aromatic rings. The van der Waals surface area contributed by atoms with Crippen molar-refractivity contribution in [1.82, 2.24) is 0 Å². The Morgan fingerprint density at radius 1 is 1.06 bits per heavy atom. The predicted octanol–water partition coefficient (Wildman–Crippen LogP) is -0.292. The van der Waals surface area contributed by atoms with Crippen molar-refractivity contribution < 1.29 is 28.5 Å². The molecule has 0 bridgehead atoms. The average Bonchev–Trinajstić information content (AvgIpc) is 2.64. The van der Waals surface area contributed by atoms with Gasteiger partial charge in [-0.1, -0.05) is 0 Å². The van der Waals surface area contributed by atoms with Crippen LogP contribution in [0.4, 0.5) is 0 Å². The van der Waals surface area contributed by atoms with E-state index in [-0.39, 0.29) is 19.2 Å². The third-order valence-corrected chi connectivity index (χ3v) is 2.35. The van der Waals surface area contributed by atoms with Crippen molar-refractivity contribution in [2.24, 2.45) is 0 Å². The van der Waals surface area contributed by atoms with Gasteiger partial charge in [0.1, 0.15) is 6.61 Å². The Kier molecular flexibility index (Phi) is 4.53. The average molecular weight is 232 g/mol. The Morgan fingerprint density at radius 2 is 1.94 bits per heavy atom. The number of rotatable bonds is 2. The van der Waals surface area contributed by atoms with E-state index in [4.69, 9.17) is 23.7 Å². The molecule has 0 aromatic heterocycles. The molecule has 2 rings (SSSR count). The highest BCUT2D eigenvalue weighted by Gasteiger charge is 2.28. The molecule has 2 atom stereocenters. The van der Waals surface area contributed by atoms with Crippen molar-refractivity contribution in [2.45, 2.75) is 18.8 Å². The van der Waals surface area contributed by atoms with Crippen LogP contribution in [0, 0.1) is 0 Å². The molecule has 6 heteroatoms. The minimum atomic E-state index is -0.689. The van der Waals surface area contributed by atoms with Gasteiger partial charge in [-0.25, -0.2) is 4.79 Å². The van der Waals surface area contributed by atoms with E-state index in [9.17, 15) is 4.79 Å². The summed E-state index contributed by atoms with van der Waals surface area (Å²) in [5.41, 5.74) is 0. The normalized spacial score (nSPS) is 32.6. The van der Waals surface area contributed by atoms with Crippen molar-refractivity contribution in [3.8, 4) is 0 Å². The Balaban J connectivity index is 1.83. The molecule has 92 valence electrons. The Labute approximate surface area is 93.7 Å². The van der Waals surface area contributed by atoms with Crippen LogP contribution >= 0.6 is 0 Å². The summed E-state index contributed by atoms with van der Waals surface area (Å²) in [5.74, 6) is -0.383. The van der Waals surface area contributed by atoms with Crippen molar-refractivity contribution in [3.05, 3.63) is 0 Å². The first-order valence-electron chi connectivity index (χ1n) is 5.45. The van der Waals surface area contributed by atoms with Gasteiger partial charge in [-0.3, -0.25) is 0 Å². The molecule has 2 aliphatic heterocycles. The zero-order chi connectivity index (χ0) is 11.2. The Morgan fingerprint density at radius 3 is 2.88 bits per heavy atom. The molecule has 0 radical (unpaired) electrons. The number of hydrogen-bond acceptors (Lipinski definition) is 6. The molecular weight excluding hydrogens is 216 g/mol. The first-order valence-corrected chi connectivity index (χ1v) is 5.45. The van der Waals surface area contributed by atoms with Crippen molar-refractivity contribution in [2.75, 3.05) is 39.6 Å². The zero-order valence-electron chi connectivity index (χ0n) is 9.05. The smallest absolute Gasteiger partial charge is 0.337 e. The highest BCUT2D eigenvalue weighted by atomic mass is 16.7. The third kappa shape index (κ3) is 3.41. The summed E-state index contributed by atoms with van der Waals surface area (Å²) in [6.07, 6.45) is -0.489. The fourth-order valence-electron chi connectivity index (χ4n) is 1.54. The summed E-state index contributed by atoms with van der Waals surface area (Å²) < 4.78 is 26.2. The second kappa shape index (κ2) is 6.15. The second-order valence-electron chi connectivity index (χ2n) is 3.57. The number of carbonyl (C=O) groups is 1. The van der Waals surface area contributed by atoms with Crippen LogP contribution in [-0.4, -0.2) is 58.0 Å². The van der Waals surface area contributed by atoms with E-state index in [2.05, 4.69) is 0 Å². The van der Waals surface area contributed by atoms with Gasteiger partial charge < -0.3 is 23.7 Å². The van der Waals surface area contributed by atoms with Gasteiger partial charge in [0.2, 0.25) is 0 Å². The lowest BCUT2D eigenvalue weighted by atomic mass is 10.3. The van der Waals surface area contributed by atoms with Crippen LogP contribution in [0.25, 0.3) is 0 Å². The van der Waals surface area contributed by atoms with Gasteiger partial charge in [0.25, 0.3) is 0 Å². The van der Waals surface area contributed by atoms with Gasteiger partial charge in [-0.05, 0) is 0 Å². The van der Waals surface area contributed by atoms with Gasteiger partial charge in [0, 0.05) is 6.42 Å². The molecule has 0 N–H and O–H groups in total. The number of ether oxygens (including phenoxy) is 5. The van der Waals surface area contributed by atoms with Gasteiger partial charge in [-0.2, -0.15) is 0 Å². The maximum absolute atomic E-state index is 11.5. The van der Waals surface area contributed by atoms with E-state index in [1.165, 1.54) is 0 Å². The van der Waals surface area contributed by atoms with Crippen molar-refractivity contribution in [3.63, 3.8) is 0 Å². The van der Waals surface area contributed by atoms with E-state index in [1.54, 1.807) is 0 Å². The first-order chi connectivity index (χ1) is 7.86. The highest BCUT2D eigenvalue weighted by molar-refractivity contribution is 5.75. The molecule has 2 aliphatic rings. The number of cyclic esters (lactones) is 1. The monoisotopic (exact) mass is 232 g/mol. The zero-order valence-corrected chi connectivity index (χ0v) is 9.05. The Hall–Kier alpha value is -0.690. The number of carbonyl (C=O) groups excluding carboxylic acids is 1. The molecular formula is C10H16O6. The van der Waals surface area contributed by atoms with Crippen molar-refractivity contribution >= 4 is 5.97 Å². The quantitative estimate of drug-likeness (QED) is 0.609.